The van der Waals surface area contributed by atoms with Crippen molar-refractivity contribution in [1.29, 1.82) is 0 Å². The van der Waals surface area contributed by atoms with Crippen LogP contribution in [0.1, 0.15) is 34.6 Å². The van der Waals surface area contributed by atoms with Crippen molar-refractivity contribution in [3.8, 4) is 0 Å². The van der Waals surface area contributed by atoms with Crippen molar-refractivity contribution in [2.75, 3.05) is 0 Å². The molecule has 0 aromatic carbocycles. The second kappa shape index (κ2) is 6.35. The maximum Gasteiger partial charge on any atom is 0.406 e. The minimum Gasteiger partial charge on any atom is -0.480 e. The molecule has 0 radical (unpaired) electrons. The van der Waals surface area contributed by atoms with Crippen LogP contribution < -0.4 is 5.09 Å². The predicted molar refractivity (Wildman–Crippen MR) is 60.3 cm³/mol. The molecule has 96 valence electrons. The van der Waals surface area contributed by atoms with Crippen molar-refractivity contribution in [2.24, 2.45) is 0 Å². The van der Waals surface area contributed by atoms with Gasteiger partial charge in [0.1, 0.15) is 6.04 Å². The van der Waals surface area contributed by atoms with Crippen molar-refractivity contribution >= 4 is 13.7 Å². The molecule has 0 aliphatic carbocycles. The monoisotopic (exact) mass is 253 g/mol. The van der Waals surface area contributed by atoms with Crippen LogP contribution in [0.2, 0.25) is 0 Å². The average molecular weight is 253 g/mol. The zero-order valence-electron chi connectivity index (χ0n) is 10.3. The third kappa shape index (κ3) is 6.23. The number of nitrogens with one attached hydrogen (secondary N) is 1. The van der Waals surface area contributed by atoms with Crippen molar-refractivity contribution in [2.45, 2.75) is 52.9 Å². The lowest BCUT2D eigenvalue weighted by molar-refractivity contribution is -0.138. The molecule has 2 N–H and O–H groups in total. The Labute approximate surface area is 95.9 Å². The summed E-state index contributed by atoms with van der Waals surface area (Å²) in [6.45, 7) is 8.17. The molecule has 16 heavy (non-hydrogen) atoms. The fraction of sp³-hybridized carbons (Fsp3) is 0.889. The topological polar surface area (TPSA) is 84.9 Å². The van der Waals surface area contributed by atoms with E-state index in [9.17, 15) is 9.36 Å². The standard InChI is InChI=1S/C9H20NO5P/c1-6(2)14-16(13,15-7(3)4)10-8(5)9(11)12/h6-8H,1-5H3,(H,10,13)(H,11,12)/t8-/m0/s1. The maximum absolute atomic E-state index is 12.1. The quantitative estimate of drug-likeness (QED) is 0.675. The smallest absolute Gasteiger partial charge is 0.406 e. The van der Waals surface area contributed by atoms with E-state index >= 15 is 0 Å². The second-order valence-electron chi connectivity index (χ2n) is 3.99. The Hall–Kier alpha value is -0.420. The molecule has 0 fully saturated rings. The van der Waals surface area contributed by atoms with Gasteiger partial charge >= 0.3 is 13.7 Å². The molecule has 1 atom stereocenters. The van der Waals surface area contributed by atoms with Gasteiger partial charge in [-0.2, -0.15) is 0 Å². The van der Waals surface area contributed by atoms with E-state index in [1.807, 2.05) is 0 Å². The second-order valence-corrected chi connectivity index (χ2v) is 5.67. The van der Waals surface area contributed by atoms with Crippen molar-refractivity contribution < 1.29 is 23.5 Å². The molecular weight excluding hydrogens is 233 g/mol. The lowest BCUT2D eigenvalue weighted by Gasteiger charge is -2.24. The maximum atomic E-state index is 12.1. The molecule has 0 aromatic rings. The minimum absolute atomic E-state index is 0.321. The molecule has 0 bridgehead atoms. The van der Waals surface area contributed by atoms with Crippen molar-refractivity contribution in [3.05, 3.63) is 0 Å². The van der Waals surface area contributed by atoms with Gasteiger partial charge in [0.15, 0.2) is 0 Å². The average Bonchev–Trinajstić information content (AvgIpc) is 1.98. The molecule has 0 saturated carbocycles. The van der Waals surface area contributed by atoms with Crippen LogP contribution in [-0.2, 0) is 18.4 Å². The molecule has 0 aromatic heterocycles. The van der Waals surface area contributed by atoms with Gasteiger partial charge in [0.25, 0.3) is 0 Å². The predicted octanol–water partition coefficient (Wildman–Crippen LogP) is 2.01. The van der Waals surface area contributed by atoms with Crippen molar-refractivity contribution in [1.82, 2.24) is 5.09 Å². The van der Waals surface area contributed by atoms with Crippen LogP contribution in [0, 0.1) is 0 Å². The van der Waals surface area contributed by atoms with Gasteiger partial charge in [-0.05, 0) is 34.6 Å². The summed E-state index contributed by atoms with van der Waals surface area (Å²) >= 11 is 0. The Morgan fingerprint density at radius 2 is 1.50 bits per heavy atom. The summed E-state index contributed by atoms with van der Waals surface area (Å²) in [5.41, 5.74) is 0. The fourth-order valence-electron chi connectivity index (χ4n) is 0.933. The third-order valence-corrected chi connectivity index (χ3v) is 3.52. The molecule has 6 nitrogen and oxygen atoms in total. The first-order valence-corrected chi connectivity index (χ1v) is 6.68. The summed E-state index contributed by atoms with van der Waals surface area (Å²) in [5.74, 6) is -1.11. The van der Waals surface area contributed by atoms with E-state index in [4.69, 9.17) is 14.2 Å². The Balaban J connectivity index is 4.66. The number of carbonyl (C=O) groups is 1. The van der Waals surface area contributed by atoms with Gasteiger partial charge in [0.2, 0.25) is 0 Å². The van der Waals surface area contributed by atoms with E-state index in [-0.39, 0.29) is 12.2 Å². The first kappa shape index (κ1) is 15.6. The number of carboxylic acids is 1. The van der Waals surface area contributed by atoms with E-state index in [1.54, 1.807) is 27.7 Å². The normalized spacial score (nSPS) is 14.4. The first-order chi connectivity index (χ1) is 7.16. The Morgan fingerprint density at radius 3 is 1.75 bits per heavy atom. The van der Waals surface area contributed by atoms with Crippen LogP contribution in [0.3, 0.4) is 0 Å². The van der Waals surface area contributed by atoms with Crippen LogP contribution in [-0.4, -0.2) is 29.3 Å². The number of aliphatic carboxylic acids is 1. The van der Waals surface area contributed by atoms with Gasteiger partial charge in [-0.15, -0.1) is 0 Å². The fourth-order valence-corrected chi connectivity index (χ4v) is 2.80. The van der Waals surface area contributed by atoms with Crippen LogP contribution in [0.5, 0.6) is 0 Å². The van der Waals surface area contributed by atoms with E-state index < -0.39 is 19.8 Å². The van der Waals surface area contributed by atoms with E-state index in [1.165, 1.54) is 6.92 Å². The van der Waals surface area contributed by atoms with Crippen molar-refractivity contribution in [3.63, 3.8) is 0 Å². The van der Waals surface area contributed by atoms with Crippen LogP contribution in [0.25, 0.3) is 0 Å². The van der Waals surface area contributed by atoms with Crippen LogP contribution >= 0.6 is 7.75 Å². The molecule has 0 unspecified atom stereocenters. The first-order valence-electron chi connectivity index (χ1n) is 5.13. The number of carboxylic acid groups (broad SMARTS) is 1. The van der Waals surface area contributed by atoms with Gasteiger partial charge in [0, 0.05) is 0 Å². The number of hydrogen-bond acceptors (Lipinski definition) is 4. The molecule has 0 aliphatic heterocycles. The highest BCUT2D eigenvalue weighted by Gasteiger charge is 2.31. The Bertz CT molecular complexity index is 265. The molecule has 0 aliphatic rings. The van der Waals surface area contributed by atoms with Gasteiger partial charge in [0.05, 0.1) is 12.2 Å². The molecular formula is C9H20NO5P. The highest BCUT2D eigenvalue weighted by Crippen LogP contribution is 2.46. The number of rotatable bonds is 7. The molecule has 7 heteroatoms. The van der Waals surface area contributed by atoms with Crippen LogP contribution in [0.4, 0.5) is 0 Å². The Morgan fingerprint density at radius 1 is 1.12 bits per heavy atom. The highest BCUT2D eigenvalue weighted by molar-refractivity contribution is 7.51. The van der Waals surface area contributed by atoms with Gasteiger partial charge in [-0.3, -0.25) is 13.8 Å². The molecule has 0 heterocycles. The van der Waals surface area contributed by atoms with Gasteiger partial charge in [-0.1, -0.05) is 0 Å². The lowest BCUT2D eigenvalue weighted by Crippen LogP contribution is -2.33. The lowest BCUT2D eigenvalue weighted by atomic mass is 10.4. The van der Waals surface area contributed by atoms with Gasteiger partial charge < -0.3 is 5.11 Å². The highest BCUT2D eigenvalue weighted by atomic mass is 31.2. The zero-order valence-corrected chi connectivity index (χ0v) is 11.2. The summed E-state index contributed by atoms with van der Waals surface area (Å²) in [6.07, 6.45) is -0.642. The number of hydrogen-bond donors (Lipinski definition) is 2. The molecule has 0 spiro atoms. The van der Waals surface area contributed by atoms with E-state index in [2.05, 4.69) is 5.09 Å². The largest absolute Gasteiger partial charge is 0.480 e. The molecule has 0 rings (SSSR count). The summed E-state index contributed by atoms with van der Waals surface area (Å²) in [5, 5.41) is 11.1. The van der Waals surface area contributed by atoms with Gasteiger partial charge in [-0.25, -0.2) is 9.65 Å². The summed E-state index contributed by atoms with van der Waals surface area (Å²) < 4.78 is 22.4. The third-order valence-electron chi connectivity index (χ3n) is 1.42. The van der Waals surface area contributed by atoms with E-state index in [0.717, 1.165) is 0 Å². The molecule has 0 saturated heterocycles. The van der Waals surface area contributed by atoms with E-state index in [0.29, 0.717) is 0 Å². The summed E-state index contributed by atoms with van der Waals surface area (Å²) in [4.78, 5) is 10.7. The van der Waals surface area contributed by atoms with Crippen LogP contribution in [0.15, 0.2) is 0 Å². The summed E-state index contributed by atoms with van der Waals surface area (Å²) in [7, 11) is -3.57. The Kier molecular flexibility index (Phi) is 6.18. The zero-order chi connectivity index (χ0) is 12.9. The summed E-state index contributed by atoms with van der Waals surface area (Å²) in [6, 6.07) is -0.997. The SMILES string of the molecule is CC(C)OP(=O)(N[C@@H](C)C(=O)O)OC(C)C. The minimum atomic E-state index is -3.57. The molecule has 0 amide bonds.